The summed E-state index contributed by atoms with van der Waals surface area (Å²) in [6, 6.07) is 0. The van der Waals surface area contributed by atoms with Crippen LogP contribution in [0.4, 0.5) is 0 Å². The summed E-state index contributed by atoms with van der Waals surface area (Å²) in [5.41, 5.74) is 0. The maximum atomic E-state index is 9.97. The maximum absolute atomic E-state index is 9.97. The van der Waals surface area contributed by atoms with Crippen molar-refractivity contribution in [3.8, 4) is 0 Å². The minimum atomic E-state index is -1.01. The van der Waals surface area contributed by atoms with Crippen LogP contribution >= 0.6 is 0 Å². The van der Waals surface area contributed by atoms with E-state index >= 15 is 0 Å². The van der Waals surface area contributed by atoms with Crippen LogP contribution < -0.4 is 0 Å². The molecule has 0 saturated heterocycles. The summed E-state index contributed by atoms with van der Waals surface area (Å²) >= 11 is 0. The van der Waals surface area contributed by atoms with Gasteiger partial charge in [-0.05, 0) is 6.42 Å². The first-order valence-electron chi connectivity index (χ1n) is 4.73. The molecule has 1 N–H and O–H groups in total. The Balaban J connectivity index is 2.87. The van der Waals surface area contributed by atoms with Gasteiger partial charge in [-0.2, -0.15) is 0 Å². The summed E-state index contributed by atoms with van der Waals surface area (Å²) in [5.74, 6) is -1.01. The molecule has 4 nitrogen and oxygen atoms in total. The van der Waals surface area contributed by atoms with Gasteiger partial charge in [-0.3, -0.25) is 0 Å². The van der Waals surface area contributed by atoms with Crippen molar-refractivity contribution < 1.29 is 19.7 Å². The molecule has 0 aromatic carbocycles. The summed E-state index contributed by atoms with van der Waals surface area (Å²) in [5, 5.41) is 8.18. The highest BCUT2D eigenvalue weighted by Gasteiger charge is 1.96. The second-order valence-electron chi connectivity index (χ2n) is 2.89. The van der Waals surface area contributed by atoms with Gasteiger partial charge in [0.25, 0.3) is 0 Å². The molecule has 0 atom stereocenters. The van der Waals surface area contributed by atoms with Crippen LogP contribution in [0.1, 0.15) is 39.0 Å². The zero-order valence-corrected chi connectivity index (χ0v) is 8.12. The average Bonchev–Trinajstić information content (AvgIpc) is 2.09. The molecule has 0 aliphatic rings. The van der Waals surface area contributed by atoms with E-state index in [1.165, 1.54) is 19.3 Å². The van der Waals surface area contributed by atoms with E-state index in [1.54, 1.807) is 0 Å². The minimum absolute atomic E-state index is 0.380. The Morgan fingerprint density at radius 2 is 1.85 bits per heavy atom. The smallest absolute Gasteiger partial charge is 0.333 e. The van der Waals surface area contributed by atoms with Crippen LogP contribution in [0.15, 0.2) is 0 Å². The third kappa shape index (κ3) is 11.4. The summed E-state index contributed by atoms with van der Waals surface area (Å²) < 4.78 is 0. The number of carbonyl (C=O) groups is 1. The number of rotatable bonds is 9. The van der Waals surface area contributed by atoms with E-state index in [1.807, 2.05) is 0 Å². The fourth-order valence-electron chi connectivity index (χ4n) is 0.916. The molecule has 0 rings (SSSR count). The molecular weight excluding hydrogens is 172 g/mol. The van der Waals surface area contributed by atoms with Crippen molar-refractivity contribution in [2.75, 3.05) is 13.2 Å². The number of carboxylic acids is 1. The van der Waals surface area contributed by atoms with Crippen LogP contribution in [0, 0.1) is 0 Å². The molecule has 0 fully saturated rings. The topological polar surface area (TPSA) is 55.8 Å². The Morgan fingerprint density at radius 1 is 1.15 bits per heavy atom. The van der Waals surface area contributed by atoms with Gasteiger partial charge in [0.2, 0.25) is 0 Å². The van der Waals surface area contributed by atoms with Gasteiger partial charge in [0.1, 0.15) is 0 Å². The Labute approximate surface area is 78.8 Å². The molecule has 78 valence electrons. The molecule has 0 radical (unpaired) electrons. The van der Waals surface area contributed by atoms with Crippen LogP contribution in [-0.4, -0.2) is 24.3 Å². The van der Waals surface area contributed by atoms with Crippen molar-refractivity contribution in [2.45, 2.75) is 39.0 Å². The van der Waals surface area contributed by atoms with E-state index in [-0.39, 0.29) is 6.61 Å². The second-order valence-corrected chi connectivity index (χ2v) is 2.89. The van der Waals surface area contributed by atoms with Crippen LogP contribution in [0.2, 0.25) is 0 Å². The predicted octanol–water partition coefficient (Wildman–Crippen LogP) is 1.99. The molecule has 0 heterocycles. The minimum Gasteiger partial charge on any atom is -0.479 e. The maximum Gasteiger partial charge on any atom is 0.333 e. The average molecular weight is 190 g/mol. The lowest BCUT2D eigenvalue weighted by Gasteiger charge is -2.01. The van der Waals surface area contributed by atoms with E-state index in [2.05, 4.69) is 16.7 Å². The van der Waals surface area contributed by atoms with Gasteiger partial charge < -0.3 is 5.11 Å². The molecule has 0 bridgehead atoms. The molecule has 13 heavy (non-hydrogen) atoms. The zero-order chi connectivity index (χ0) is 9.94. The van der Waals surface area contributed by atoms with E-state index in [4.69, 9.17) is 5.11 Å². The van der Waals surface area contributed by atoms with E-state index in [0.717, 1.165) is 12.8 Å². The quantitative estimate of drug-likeness (QED) is 0.343. The normalized spacial score (nSPS) is 10.2. The third-order valence-corrected chi connectivity index (χ3v) is 1.60. The zero-order valence-electron chi connectivity index (χ0n) is 8.12. The van der Waals surface area contributed by atoms with Crippen molar-refractivity contribution in [3.05, 3.63) is 0 Å². The van der Waals surface area contributed by atoms with Gasteiger partial charge in [0.05, 0.1) is 6.61 Å². The van der Waals surface area contributed by atoms with Gasteiger partial charge in [-0.15, -0.1) is 0 Å². The molecule has 0 saturated carbocycles. The molecule has 4 heteroatoms. The fourth-order valence-corrected chi connectivity index (χ4v) is 0.916. The SMILES string of the molecule is CCCCCCCOOCC(=O)O. The van der Waals surface area contributed by atoms with E-state index in [0.29, 0.717) is 6.61 Å². The lowest BCUT2D eigenvalue weighted by atomic mass is 10.2. The number of unbranched alkanes of at least 4 members (excludes halogenated alkanes) is 4. The Bertz CT molecular complexity index is 125. The van der Waals surface area contributed by atoms with Crippen molar-refractivity contribution in [2.24, 2.45) is 0 Å². The van der Waals surface area contributed by atoms with Gasteiger partial charge >= 0.3 is 5.97 Å². The van der Waals surface area contributed by atoms with E-state index < -0.39 is 5.97 Å². The Kier molecular flexibility index (Phi) is 9.03. The van der Waals surface area contributed by atoms with Crippen molar-refractivity contribution in [1.82, 2.24) is 0 Å². The Hall–Kier alpha value is -0.610. The molecule has 0 aliphatic carbocycles. The molecule has 0 aliphatic heterocycles. The Morgan fingerprint density at radius 3 is 2.46 bits per heavy atom. The van der Waals surface area contributed by atoms with Crippen LogP contribution in [0.25, 0.3) is 0 Å². The molecular formula is C9H18O4. The van der Waals surface area contributed by atoms with Gasteiger partial charge in [-0.25, -0.2) is 14.6 Å². The van der Waals surface area contributed by atoms with E-state index in [9.17, 15) is 4.79 Å². The standard InChI is InChI=1S/C9H18O4/c1-2-3-4-5-6-7-12-13-8-9(10)11/h2-8H2,1H3,(H,10,11). The van der Waals surface area contributed by atoms with Crippen LogP contribution in [-0.2, 0) is 14.6 Å². The molecule has 0 aromatic heterocycles. The first kappa shape index (κ1) is 12.4. The number of carboxylic acid groups (broad SMARTS) is 1. The highest BCUT2D eigenvalue weighted by molar-refractivity contribution is 5.67. The molecule has 0 aromatic rings. The number of aliphatic carboxylic acids is 1. The lowest BCUT2D eigenvalue weighted by molar-refractivity contribution is -0.292. The van der Waals surface area contributed by atoms with Gasteiger partial charge in [-0.1, -0.05) is 32.6 Å². The lowest BCUT2D eigenvalue weighted by Crippen LogP contribution is -2.07. The highest BCUT2D eigenvalue weighted by Crippen LogP contribution is 2.02. The highest BCUT2D eigenvalue weighted by atomic mass is 17.2. The second kappa shape index (κ2) is 9.48. The number of hydrogen-bond acceptors (Lipinski definition) is 3. The van der Waals surface area contributed by atoms with Crippen molar-refractivity contribution in [1.29, 1.82) is 0 Å². The number of hydrogen-bond donors (Lipinski definition) is 1. The van der Waals surface area contributed by atoms with Gasteiger partial charge in [0.15, 0.2) is 6.61 Å². The van der Waals surface area contributed by atoms with Crippen molar-refractivity contribution >= 4 is 5.97 Å². The fraction of sp³-hybridized carbons (Fsp3) is 0.889. The van der Waals surface area contributed by atoms with Crippen LogP contribution in [0.3, 0.4) is 0 Å². The first-order chi connectivity index (χ1) is 6.27. The monoisotopic (exact) mass is 190 g/mol. The first-order valence-corrected chi connectivity index (χ1v) is 4.73. The molecule has 0 amide bonds. The summed E-state index contributed by atoms with van der Waals surface area (Å²) in [6.45, 7) is 2.26. The van der Waals surface area contributed by atoms with Gasteiger partial charge in [0, 0.05) is 0 Å². The largest absolute Gasteiger partial charge is 0.479 e. The third-order valence-electron chi connectivity index (χ3n) is 1.60. The molecule has 0 unspecified atom stereocenters. The summed E-state index contributed by atoms with van der Waals surface area (Å²) in [4.78, 5) is 19.0. The predicted molar refractivity (Wildman–Crippen MR) is 48.3 cm³/mol. The van der Waals surface area contributed by atoms with Crippen molar-refractivity contribution in [3.63, 3.8) is 0 Å². The van der Waals surface area contributed by atoms with Crippen LogP contribution in [0.5, 0.6) is 0 Å². The summed E-state index contributed by atoms with van der Waals surface area (Å²) in [6.07, 6.45) is 5.72. The summed E-state index contributed by atoms with van der Waals surface area (Å²) in [7, 11) is 0. The molecule has 0 spiro atoms.